The minimum Gasteiger partial charge on any atom is -0.455 e. The van der Waals surface area contributed by atoms with Crippen LogP contribution in [0.3, 0.4) is 0 Å². The second kappa shape index (κ2) is 14.1. The zero-order valence-electron chi connectivity index (χ0n) is 38.3. The first-order valence-corrected chi connectivity index (χ1v) is 24.3. The van der Waals surface area contributed by atoms with Crippen LogP contribution in [0.4, 0.5) is 11.4 Å². The smallest absolute Gasteiger partial charge is 0.143 e. The molecule has 10 aromatic carbocycles. The Kier molecular flexibility index (Phi) is 7.89. The van der Waals surface area contributed by atoms with E-state index in [1.165, 1.54) is 72.1 Å². The quantitative estimate of drug-likeness (QED) is 0.176. The molecule has 3 heteroatoms. The topological polar surface area (TPSA) is 25.6 Å². The highest BCUT2D eigenvalue weighted by Crippen LogP contribution is 2.65. The predicted molar refractivity (Wildman–Crippen MR) is 284 cm³/mol. The molecule has 0 amide bonds. The van der Waals surface area contributed by atoms with Gasteiger partial charge in [-0.05, 0) is 86.0 Å². The number of rotatable bonds is 4. The minimum atomic E-state index is -0.647. The fraction of sp³-hybridized carbons (Fsp3) is 0.0909. The molecule has 1 spiro atoms. The molecule has 326 valence electrons. The fourth-order valence-corrected chi connectivity index (χ4v) is 13.1. The van der Waals surface area contributed by atoms with E-state index in [4.69, 9.17) is 9.15 Å². The Morgan fingerprint density at radius 2 is 1.07 bits per heavy atom. The SMILES string of the molecule is CC1(C)c2ccccc2-c2c(N(c3ccc(-c4cccc5c4oc4ccccc45)cc3)C3CC=CC4=C3c3ccccc3C43c4ccc5ccccc5c4Oc4c3ccc3ccccc43)cccc21. The van der Waals surface area contributed by atoms with Gasteiger partial charge in [-0.3, -0.25) is 0 Å². The van der Waals surface area contributed by atoms with Gasteiger partial charge in [-0.2, -0.15) is 0 Å². The zero-order valence-corrected chi connectivity index (χ0v) is 38.3. The van der Waals surface area contributed by atoms with E-state index >= 15 is 0 Å². The van der Waals surface area contributed by atoms with Crippen LogP contribution in [0.2, 0.25) is 0 Å². The lowest BCUT2D eigenvalue weighted by Crippen LogP contribution is -2.36. The van der Waals surface area contributed by atoms with Crippen molar-refractivity contribution in [3.8, 4) is 33.8 Å². The summed E-state index contributed by atoms with van der Waals surface area (Å²) in [7, 11) is 0. The molecule has 69 heavy (non-hydrogen) atoms. The molecule has 0 radical (unpaired) electrons. The number of fused-ring (bicyclic) bond motifs is 18. The van der Waals surface area contributed by atoms with E-state index in [2.05, 4.69) is 231 Å². The molecule has 1 atom stereocenters. The van der Waals surface area contributed by atoms with Crippen molar-refractivity contribution in [2.75, 3.05) is 4.90 Å². The molecule has 3 aliphatic carbocycles. The van der Waals surface area contributed by atoms with Crippen molar-refractivity contribution in [3.05, 3.63) is 257 Å². The van der Waals surface area contributed by atoms with E-state index in [1.807, 2.05) is 6.07 Å². The number of ether oxygens (including phenoxy) is 1. The van der Waals surface area contributed by atoms with Gasteiger partial charge in [0.05, 0.1) is 11.5 Å². The van der Waals surface area contributed by atoms with Crippen molar-refractivity contribution in [1.82, 2.24) is 0 Å². The first-order chi connectivity index (χ1) is 34.0. The van der Waals surface area contributed by atoms with Crippen molar-refractivity contribution in [2.24, 2.45) is 0 Å². The molecular weight excluding hydrogens is 839 g/mol. The number of allylic oxidation sites excluding steroid dienone is 2. The summed E-state index contributed by atoms with van der Waals surface area (Å²) in [6, 6.07) is 76.0. The average molecular weight is 884 g/mol. The largest absolute Gasteiger partial charge is 0.455 e. The molecule has 1 unspecified atom stereocenters. The summed E-state index contributed by atoms with van der Waals surface area (Å²) in [4.78, 5) is 2.68. The second-order valence-electron chi connectivity index (χ2n) is 19.8. The number of hydrogen-bond acceptors (Lipinski definition) is 3. The molecule has 4 aliphatic rings. The molecule has 15 rings (SSSR count). The van der Waals surface area contributed by atoms with Crippen molar-refractivity contribution in [2.45, 2.75) is 37.1 Å². The van der Waals surface area contributed by atoms with Gasteiger partial charge < -0.3 is 14.1 Å². The van der Waals surface area contributed by atoms with Crippen molar-refractivity contribution < 1.29 is 9.15 Å². The Hall–Kier alpha value is -8.40. The zero-order chi connectivity index (χ0) is 45.6. The summed E-state index contributed by atoms with van der Waals surface area (Å²) in [5.74, 6) is 1.87. The van der Waals surface area contributed by atoms with Gasteiger partial charge in [0.1, 0.15) is 22.7 Å². The summed E-state index contributed by atoms with van der Waals surface area (Å²) >= 11 is 0. The van der Waals surface area contributed by atoms with Crippen molar-refractivity contribution in [1.29, 1.82) is 0 Å². The number of furan rings is 1. The van der Waals surface area contributed by atoms with E-state index in [0.717, 1.165) is 67.4 Å². The van der Waals surface area contributed by atoms with Crippen LogP contribution in [-0.4, -0.2) is 6.04 Å². The van der Waals surface area contributed by atoms with Gasteiger partial charge in [-0.25, -0.2) is 0 Å². The molecule has 1 aromatic heterocycles. The predicted octanol–water partition coefficient (Wildman–Crippen LogP) is 17.2. The van der Waals surface area contributed by atoms with Crippen LogP contribution < -0.4 is 9.64 Å². The van der Waals surface area contributed by atoms with E-state index in [1.54, 1.807) is 0 Å². The number of nitrogens with zero attached hydrogens (tertiary/aromatic N) is 1. The maximum atomic E-state index is 7.33. The Bertz CT molecular complexity index is 3980. The number of anilines is 2. The van der Waals surface area contributed by atoms with Gasteiger partial charge in [-0.15, -0.1) is 0 Å². The summed E-state index contributed by atoms with van der Waals surface area (Å²) in [6.07, 6.45) is 5.72. The highest BCUT2D eigenvalue weighted by molar-refractivity contribution is 6.10. The van der Waals surface area contributed by atoms with Gasteiger partial charge in [0.15, 0.2) is 0 Å². The fourth-order valence-electron chi connectivity index (χ4n) is 13.1. The van der Waals surface area contributed by atoms with Crippen molar-refractivity contribution in [3.63, 3.8) is 0 Å². The molecule has 0 saturated carbocycles. The van der Waals surface area contributed by atoms with Gasteiger partial charge in [0, 0.05) is 60.6 Å². The highest BCUT2D eigenvalue weighted by atomic mass is 16.5. The molecule has 3 nitrogen and oxygen atoms in total. The third kappa shape index (κ3) is 5.12. The van der Waals surface area contributed by atoms with Crippen LogP contribution in [0, 0.1) is 0 Å². The average Bonchev–Trinajstić information content (AvgIpc) is 4.01. The lowest BCUT2D eigenvalue weighted by Gasteiger charge is -2.42. The number of hydrogen-bond donors (Lipinski definition) is 0. The Balaban J connectivity index is 1.00. The normalized spacial score (nSPS) is 16.6. The monoisotopic (exact) mass is 883 g/mol. The third-order valence-electron chi connectivity index (χ3n) is 16.1. The van der Waals surface area contributed by atoms with Crippen molar-refractivity contribution >= 4 is 60.4 Å². The summed E-state index contributed by atoms with van der Waals surface area (Å²) in [5.41, 5.74) is 18.5. The third-order valence-corrected chi connectivity index (χ3v) is 16.1. The molecule has 2 heterocycles. The first-order valence-electron chi connectivity index (χ1n) is 24.3. The van der Waals surface area contributed by atoms with Gasteiger partial charge in [0.2, 0.25) is 0 Å². The summed E-state index contributed by atoms with van der Waals surface area (Å²) in [6.45, 7) is 4.77. The van der Waals surface area contributed by atoms with E-state index in [0.29, 0.717) is 0 Å². The molecule has 0 bridgehead atoms. The van der Waals surface area contributed by atoms with E-state index in [9.17, 15) is 0 Å². The standard InChI is InChI=1S/C66H45NO2/c1-65(2)51-25-10-7-21-49(51)60-53(65)27-14-29-57(60)67(43-36-32-42(33-37-43)44-23-13-24-48-47-20-9-12-31-59(47)68-62(44)48)58-30-15-28-54-61(58)50-22-8-11-26-52(50)66(54)55-38-34-40-16-3-5-18-45(40)63(55)69-64-46-19-6-4-17-41(46)35-39-56(64)66/h3-29,31-39,58H,30H2,1-2H3. The van der Waals surface area contributed by atoms with Gasteiger partial charge in [-0.1, -0.05) is 208 Å². The Morgan fingerprint density at radius 3 is 1.83 bits per heavy atom. The minimum absolute atomic E-state index is 0.0618. The molecular formula is C66H45NO2. The van der Waals surface area contributed by atoms with Crippen LogP contribution in [0.1, 0.15) is 53.6 Å². The van der Waals surface area contributed by atoms with Crippen LogP contribution in [0.15, 0.2) is 228 Å². The van der Waals surface area contributed by atoms with Gasteiger partial charge in [0.25, 0.3) is 0 Å². The van der Waals surface area contributed by atoms with Crippen LogP contribution in [-0.2, 0) is 10.8 Å². The summed E-state index contributed by atoms with van der Waals surface area (Å²) in [5, 5.41) is 6.85. The number of para-hydroxylation sites is 2. The number of benzene rings is 10. The molecule has 0 fully saturated rings. The lowest BCUT2D eigenvalue weighted by molar-refractivity contribution is 0.446. The second-order valence-corrected chi connectivity index (χ2v) is 19.8. The summed E-state index contributed by atoms with van der Waals surface area (Å²) < 4.78 is 13.9. The maximum Gasteiger partial charge on any atom is 0.143 e. The highest BCUT2D eigenvalue weighted by Gasteiger charge is 2.54. The van der Waals surface area contributed by atoms with Crippen LogP contribution in [0.25, 0.3) is 71.3 Å². The Labute approximate surface area is 400 Å². The first kappa shape index (κ1) is 38.7. The lowest BCUT2D eigenvalue weighted by atomic mass is 9.64. The molecule has 0 N–H and O–H groups in total. The van der Waals surface area contributed by atoms with Crippen LogP contribution in [0.5, 0.6) is 11.5 Å². The maximum absolute atomic E-state index is 7.33. The Morgan fingerprint density at radius 1 is 0.478 bits per heavy atom. The van der Waals surface area contributed by atoms with E-state index < -0.39 is 5.41 Å². The van der Waals surface area contributed by atoms with Gasteiger partial charge >= 0.3 is 0 Å². The van der Waals surface area contributed by atoms with Crippen LogP contribution >= 0.6 is 0 Å². The van der Waals surface area contributed by atoms with E-state index in [-0.39, 0.29) is 11.5 Å². The molecule has 11 aromatic rings. The molecule has 0 saturated heterocycles. The molecule has 1 aliphatic heterocycles.